The number of anilines is 1. The highest BCUT2D eigenvalue weighted by Crippen LogP contribution is 2.21. The molecule has 1 aromatic carbocycles. The van der Waals surface area contributed by atoms with Gasteiger partial charge >= 0.3 is 5.97 Å². The average Bonchev–Trinajstić information content (AvgIpc) is 2.89. The van der Waals surface area contributed by atoms with Gasteiger partial charge in [0, 0.05) is 22.0 Å². The quantitative estimate of drug-likeness (QED) is 0.782. The van der Waals surface area contributed by atoms with Crippen LogP contribution in [0.5, 0.6) is 0 Å². The summed E-state index contributed by atoms with van der Waals surface area (Å²) in [5, 5.41) is 12.2. The van der Waals surface area contributed by atoms with Crippen LogP contribution in [0.3, 0.4) is 0 Å². The molecule has 0 saturated carbocycles. The summed E-state index contributed by atoms with van der Waals surface area (Å²) in [5.74, 6) is -0.803. The molecule has 0 aliphatic carbocycles. The van der Waals surface area contributed by atoms with Gasteiger partial charge in [0.1, 0.15) is 11.6 Å². The molecular formula is C14H13Cl2N3O3S. The number of halogens is 2. The molecule has 6 nitrogen and oxygen atoms in total. The fourth-order valence-electron chi connectivity index (χ4n) is 1.61. The van der Waals surface area contributed by atoms with Gasteiger partial charge in [-0.2, -0.15) is 0 Å². The highest BCUT2D eigenvalue weighted by atomic mass is 35.5. The summed E-state index contributed by atoms with van der Waals surface area (Å²) in [7, 11) is 0. The van der Waals surface area contributed by atoms with Gasteiger partial charge in [-0.1, -0.05) is 40.6 Å². The predicted octanol–water partition coefficient (Wildman–Crippen LogP) is 3.62. The monoisotopic (exact) mass is 373 g/mol. The van der Waals surface area contributed by atoms with Crippen molar-refractivity contribution in [1.29, 1.82) is 0 Å². The van der Waals surface area contributed by atoms with Crippen LogP contribution < -0.4 is 5.32 Å². The average molecular weight is 374 g/mol. The first kappa shape index (κ1) is 17.7. The van der Waals surface area contributed by atoms with Gasteiger partial charge in [0.25, 0.3) is 0 Å². The third kappa shape index (κ3) is 5.78. The second kappa shape index (κ2) is 8.24. The highest BCUT2D eigenvalue weighted by Gasteiger charge is 2.11. The van der Waals surface area contributed by atoms with Crippen LogP contribution in [0.2, 0.25) is 10.0 Å². The summed E-state index contributed by atoms with van der Waals surface area (Å²) in [4.78, 5) is 23.3. The van der Waals surface area contributed by atoms with Gasteiger partial charge in [0.15, 0.2) is 0 Å². The standard InChI is InChI=1S/C14H13Cl2N3O3S/c1-8-18-19-14(23-8)17-12(20)4-5-13(21)22-7-9-2-3-10(15)6-11(9)16/h2-3,6H,4-5,7H2,1H3,(H,17,19,20). The number of benzene rings is 1. The number of ether oxygens (including phenoxy) is 1. The van der Waals surface area contributed by atoms with Crippen LogP contribution in [-0.4, -0.2) is 22.1 Å². The molecule has 1 amide bonds. The highest BCUT2D eigenvalue weighted by molar-refractivity contribution is 7.15. The number of esters is 1. The van der Waals surface area contributed by atoms with Gasteiger partial charge in [-0.05, 0) is 19.1 Å². The Morgan fingerprint density at radius 2 is 2.04 bits per heavy atom. The fraction of sp³-hybridized carbons (Fsp3) is 0.286. The van der Waals surface area contributed by atoms with Gasteiger partial charge in [-0.3, -0.25) is 9.59 Å². The Balaban J connectivity index is 1.73. The van der Waals surface area contributed by atoms with E-state index >= 15 is 0 Å². The molecule has 1 N–H and O–H groups in total. The van der Waals surface area contributed by atoms with Crippen molar-refractivity contribution in [2.24, 2.45) is 0 Å². The lowest BCUT2D eigenvalue weighted by atomic mass is 10.2. The predicted molar refractivity (Wildman–Crippen MR) is 88.8 cm³/mol. The van der Waals surface area contributed by atoms with Crippen LogP contribution >= 0.6 is 34.5 Å². The van der Waals surface area contributed by atoms with Crippen LogP contribution in [0.15, 0.2) is 18.2 Å². The van der Waals surface area contributed by atoms with E-state index in [1.54, 1.807) is 25.1 Å². The summed E-state index contributed by atoms with van der Waals surface area (Å²) < 4.78 is 5.08. The van der Waals surface area contributed by atoms with Gasteiger partial charge in [0.2, 0.25) is 11.0 Å². The third-order valence-corrected chi connectivity index (χ3v) is 4.07. The van der Waals surface area contributed by atoms with Crippen LogP contribution in [-0.2, 0) is 20.9 Å². The lowest BCUT2D eigenvalue weighted by Gasteiger charge is -2.07. The molecule has 0 fully saturated rings. The Labute approximate surface area is 146 Å². The first-order valence-electron chi connectivity index (χ1n) is 6.63. The lowest BCUT2D eigenvalue weighted by Crippen LogP contribution is -2.14. The van der Waals surface area contributed by atoms with E-state index in [0.29, 0.717) is 20.7 Å². The summed E-state index contributed by atoms with van der Waals surface area (Å²) in [6, 6.07) is 4.92. The van der Waals surface area contributed by atoms with Crippen LogP contribution in [0, 0.1) is 6.92 Å². The molecule has 0 bridgehead atoms. The van der Waals surface area contributed by atoms with E-state index in [1.807, 2.05) is 0 Å². The smallest absolute Gasteiger partial charge is 0.306 e. The summed E-state index contributed by atoms with van der Waals surface area (Å²) in [6.07, 6.45) is -0.0271. The molecule has 122 valence electrons. The molecule has 9 heteroatoms. The fourth-order valence-corrected chi connectivity index (χ4v) is 2.68. The van der Waals surface area contributed by atoms with E-state index in [9.17, 15) is 9.59 Å². The molecule has 1 heterocycles. The van der Waals surface area contributed by atoms with Gasteiger partial charge in [-0.15, -0.1) is 10.2 Å². The minimum absolute atomic E-state index is 0.00576. The van der Waals surface area contributed by atoms with Crippen molar-refractivity contribution >= 4 is 51.5 Å². The third-order valence-electron chi connectivity index (χ3n) is 2.73. The molecule has 0 atom stereocenters. The van der Waals surface area contributed by atoms with Crippen molar-refractivity contribution in [3.63, 3.8) is 0 Å². The van der Waals surface area contributed by atoms with Crippen molar-refractivity contribution in [1.82, 2.24) is 10.2 Å². The maximum absolute atomic E-state index is 11.7. The number of hydrogen-bond donors (Lipinski definition) is 1. The summed E-state index contributed by atoms with van der Waals surface area (Å²) >= 11 is 13.0. The van der Waals surface area contributed by atoms with E-state index in [-0.39, 0.29) is 25.4 Å². The molecule has 0 saturated heterocycles. The Morgan fingerprint density at radius 1 is 1.26 bits per heavy atom. The Morgan fingerprint density at radius 3 is 2.70 bits per heavy atom. The Hall–Kier alpha value is -1.70. The van der Waals surface area contributed by atoms with Crippen molar-refractivity contribution in [2.45, 2.75) is 26.4 Å². The van der Waals surface area contributed by atoms with E-state index in [4.69, 9.17) is 27.9 Å². The van der Waals surface area contributed by atoms with E-state index in [1.165, 1.54) is 11.3 Å². The zero-order valence-electron chi connectivity index (χ0n) is 12.1. The van der Waals surface area contributed by atoms with Crippen molar-refractivity contribution in [3.05, 3.63) is 38.8 Å². The first-order chi connectivity index (χ1) is 10.9. The van der Waals surface area contributed by atoms with Crippen LogP contribution in [0.1, 0.15) is 23.4 Å². The number of nitrogens with zero attached hydrogens (tertiary/aromatic N) is 2. The minimum atomic E-state index is -0.486. The van der Waals surface area contributed by atoms with Gasteiger partial charge < -0.3 is 10.1 Å². The Bertz CT molecular complexity index is 721. The number of nitrogens with one attached hydrogen (secondary N) is 1. The molecular weight excluding hydrogens is 361 g/mol. The van der Waals surface area contributed by atoms with Crippen molar-refractivity contribution < 1.29 is 14.3 Å². The SMILES string of the molecule is Cc1nnc(NC(=O)CCC(=O)OCc2ccc(Cl)cc2Cl)s1. The van der Waals surface area contributed by atoms with Gasteiger partial charge in [-0.25, -0.2) is 0 Å². The number of aromatic nitrogens is 2. The normalized spacial score (nSPS) is 10.4. The number of rotatable bonds is 6. The Kier molecular flexibility index (Phi) is 6.32. The number of hydrogen-bond acceptors (Lipinski definition) is 6. The first-order valence-corrected chi connectivity index (χ1v) is 8.21. The van der Waals surface area contributed by atoms with Crippen molar-refractivity contribution in [3.8, 4) is 0 Å². The molecule has 0 unspecified atom stereocenters. The number of carbonyl (C=O) groups excluding carboxylic acids is 2. The zero-order chi connectivity index (χ0) is 16.8. The summed E-state index contributed by atoms with van der Waals surface area (Å²) in [6.45, 7) is 1.82. The molecule has 2 rings (SSSR count). The molecule has 2 aromatic rings. The van der Waals surface area contributed by atoms with E-state index in [2.05, 4.69) is 15.5 Å². The number of aryl methyl sites for hydroxylation is 1. The van der Waals surface area contributed by atoms with E-state index in [0.717, 1.165) is 5.01 Å². The van der Waals surface area contributed by atoms with Crippen LogP contribution in [0.4, 0.5) is 5.13 Å². The molecule has 0 radical (unpaired) electrons. The molecule has 23 heavy (non-hydrogen) atoms. The van der Waals surface area contributed by atoms with Crippen LogP contribution in [0.25, 0.3) is 0 Å². The largest absolute Gasteiger partial charge is 0.461 e. The minimum Gasteiger partial charge on any atom is -0.461 e. The summed E-state index contributed by atoms with van der Waals surface area (Å²) in [5.41, 5.74) is 0.651. The van der Waals surface area contributed by atoms with Gasteiger partial charge in [0.05, 0.1) is 6.42 Å². The molecule has 0 aliphatic rings. The van der Waals surface area contributed by atoms with E-state index < -0.39 is 5.97 Å². The molecule has 0 spiro atoms. The van der Waals surface area contributed by atoms with Crippen molar-refractivity contribution in [2.75, 3.05) is 5.32 Å². The maximum atomic E-state index is 11.7. The molecule has 1 aromatic heterocycles. The number of carbonyl (C=O) groups is 2. The zero-order valence-corrected chi connectivity index (χ0v) is 14.5. The molecule has 0 aliphatic heterocycles. The lowest BCUT2D eigenvalue weighted by molar-refractivity contribution is -0.145. The number of amides is 1. The maximum Gasteiger partial charge on any atom is 0.306 e. The second-order valence-corrected chi connectivity index (χ2v) is 6.60. The second-order valence-electron chi connectivity index (χ2n) is 4.57. The topological polar surface area (TPSA) is 81.2 Å².